The molecule has 13 heavy (non-hydrogen) atoms. The number of hydrogen-bond acceptors (Lipinski definition) is 1. The fourth-order valence-corrected chi connectivity index (χ4v) is 2.96. The molecule has 1 heterocycles. The zero-order valence-corrected chi connectivity index (χ0v) is 7.57. The van der Waals surface area contributed by atoms with E-state index in [9.17, 15) is 5.21 Å². The fraction of sp³-hybridized carbons (Fsp3) is 0.545. The first-order chi connectivity index (χ1) is 6.36. The van der Waals surface area contributed by atoms with E-state index in [1.807, 2.05) is 6.07 Å². The molecule has 1 aromatic heterocycles. The van der Waals surface area contributed by atoms with Crippen LogP contribution in [0, 0.1) is 5.21 Å². The van der Waals surface area contributed by atoms with Gasteiger partial charge in [0.25, 0.3) is 0 Å². The summed E-state index contributed by atoms with van der Waals surface area (Å²) in [7, 11) is 0. The molecule has 2 heteroatoms. The molecule has 0 aliphatic heterocycles. The Labute approximate surface area is 77.8 Å². The molecule has 0 atom stereocenters. The van der Waals surface area contributed by atoms with Crippen LogP contribution >= 0.6 is 0 Å². The number of hydrogen-bond donors (Lipinski definition) is 0. The second-order valence-corrected chi connectivity index (χ2v) is 4.22. The van der Waals surface area contributed by atoms with Gasteiger partial charge in [0.15, 0.2) is 11.9 Å². The van der Waals surface area contributed by atoms with E-state index < -0.39 is 0 Å². The van der Waals surface area contributed by atoms with Crippen LogP contribution in [0.2, 0.25) is 0 Å². The highest BCUT2D eigenvalue weighted by molar-refractivity contribution is 5.29. The van der Waals surface area contributed by atoms with Crippen LogP contribution in [0.5, 0.6) is 0 Å². The van der Waals surface area contributed by atoms with Gasteiger partial charge in [-0.2, -0.15) is 4.73 Å². The Hall–Kier alpha value is -1.05. The van der Waals surface area contributed by atoms with Gasteiger partial charge >= 0.3 is 0 Å². The minimum atomic E-state index is 0.554. The van der Waals surface area contributed by atoms with E-state index in [0.717, 1.165) is 10.4 Å². The molecule has 1 aromatic rings. The summed E-state index contributed by atoms with van der Waals surface area (Å²) in [6, 6.07) is 4.02. The molecule has 0 spiro atoms. The van der Waals surface area contributed by atoms with E-state index in [2.05, 4.69) is 6.07 Å². The molecule has 0 saturated heterocycles. The van der Waals surface area contributed by atoms with E-state index >= 15 is 0 Å². The minimum absolute atomic E-state index is 0.554. The number of nitrogens with zero attached hydrogens (tertiary/aromatic N) is 1. The zero-order valence-electron chi connectivity index (χ0n) is 7.57. The van der Waals surface area contributed by atoms with Crippen molar-refractivity contribution in [3.8, 4) is 0 Å². The summed E-state index contributed by atoms with van der Waals surface area (Å²) in [4.78, 5) is 0. The Kier molecular flexibility index (Phi) is 1.40. The Morgan fingerprint density at radius 3 is 2.54 bits per heavy atom. The molecule has 4 rings (SSSR count). The first kappa shape index (κ1) is 7.36. The lowest BCUT2D eigenvalue weighted by molar-refractivity contribution is -0.617. The predicted molar refractivity (Wildman–Crippen MR) is 49.4 cm³/mol. The normalized spacial score (nSPS) is 30.2. The lowest BCUT2D eigenvalue weighted by atomic mass is 9.69. The topological polar surface area (TPSA) is 26.9 Å². The smallest absolute Gasteiger partial charge is 0.199 e. The van der Waals surface area contributed by atoms with Crippen molar-refractivity contribution < 1.29 is 4.73 Å². The van der Waals surface area contributed by atoms with Gasteiger partial charge < -0.3 is 5.21 Å². The Morgan fingerprint density at radius 1 is 1.15 bits per heavy atom. The van der Waals surface area contributed by atoms with Gasteiger partial charge in [0.1, 0.15) is 0 Å². The summed E-state index contributed by atoms with van der Waals surface area (Å²) in [5.74, 6) is 1.24. The summed E-state index contributed by atoms with van der Waals surface area (Å²) >= 11 is 0. The lowest BCUT2D eigenvalue weighted by Crippen LogP contribution is -2.39. The van der Waals surface area contributed by atoms with Crippen LogP contribution in [-0.2, 0) is 0 Å². The number of fused-ring (bicyclic) bond motifs is 2. The van der Waals surface area contributed by atoms with Crippen molar-refractivity contribution in [3.05, 3.63) is 34.8 Å². The highest BCUT2D eigenvalue weighted by Gasteiger charge is 2.38. The second kappa shape index (κ2) is 2.47. The number of aromatic nitrogens is 1. The van der Waals surface area contributed by atoms with Crippen molar-refractivity contribution in [1.82, 2.24) is 0 Å². The molecule has 0 radical (unpaired) electrons. The van der Waals surface area contributed by atoms with Gasteiger partial charge in [-0.15, -0.1) is 0 Å². The van der Waals surface area contributed by atoms with Crippen LogP contribution in [-0.4, -0.2) is 0 Å². The first-order valence-electron chi connectivity index (χ1n) is 5.08. The predicted octanol–water partition coefficient (Wildman–Crippen LogP) is 2.07. The average molecular weight is 175 g/mol. The molecule has 2 nitrogen and oxygen atoms in total. The second-order valence-electron chi connectivity index (χ2n) is 4.22. The molecule has 0 amide bonds. The Bertz CT molecular complexity index is 340. The quantitative estimate of drug-likeness (QED) is 0.438. The summed E-state index contributed by atoms with van der Waals surface area (Å²) in [6.07, 6.45) is 6.68. The highest BCUT2D eigenvalue weighted by atomic mass is 16.5. The average Bonchev–Trinajstić information content (AvgIpc) is 2.20. The van der Waals surface area contributed by atoms with Gasteiger partial charge in [0.2, 0.25) is 0 Å². The van der Waals surface area contributed by atoms with E-state index in [-0.39, 0.29) is 0 Å². The van der Waals surface area contributed by atoms with Gasteiger partial charge in [-0.25, -0.2) is 0 Å². The van der Waals surface area contributed by atoms with Crippen LogP contribution in [0.4, 0.5) is 0 Å². The van der Waals surface area contributed by atoms with Crippen molar-refractivity contribution in [2.24, 2.45) is 0 Å². The van der Waals surface area contributed by atoms with Gasteiger partial charge in [0.05, 0.1) is 0 Å². The minimum Gasteiger partial charge on any atom is -0.618 e. The summed E-state index contributed by atoms with van der Waals surface area (Å²) in [6.45, 7) is 0. The lowest BCUT2D eigenvalue weighted by Gasteiger charge is -2.35. The van der Waals surface area contributed by atoms with Crippen molar-refractivity contribution >= 4 is 0 Å². The molecular formula is C11H13NO. The standard InChI is InChI=1S/C11H13NO/c13-12-7-1-2-10-8-3-5-9(6-4-8)11(10)12/h1-2,7-9H,3-6H2. The SMILES string of the molecule is [O-][n+]1cccc2c1C1CCC2CC1. The van der Waals surface area contributed by atoms with Crippen molar-refractivity contribution in [2.75, 3.05) is 0 Å². The van der Waals surface area contributed by atoms with Crippen LogP contribution in [0.3, 0.4) is 0 Å². The largest absolute Gasteiger partial charge is 0.618 e. The summed E-state index contributed by atoms with van der Waals surface area (Å²) < 4.78 is 1.09. The van der Waals surface area contributed by atoms with Crippen LogP contribution in [0.15, 0.2) is 18.3 Å². The van der Waals surface area contributed by atoms with Crippen LogP contribution < -0.4 is 4.73 Å². The Balaban J connectivity index is 2.23. The number of rotatable bonds is 0. The monoisotopic (exact) mass is 175 g/mol. The third kappa shape index (κ3) is 0.916. The zero-order chi connectivity index (χ0) is 8.84. The summed E-state index contributed by atoms with van der Waals surface area (Å²) in [5, 5.41) is 11.6. The van der Waals surface area contributed by atoms with Gasteiger partial charge in [-0.3, -0.25) is 0 Å². The first-order valence-corrected chi connectivity index (χ1v) is 5.08. The highest BCUT2D eigenvalue weighted by Crippen LogP contribution is 2.47. The third-order valence-corrected chi connectivity index (χ3v) is 3.58. The van der Waals surface area contributed by atoms with E-state index in [0.29, 0.717) is 11.8 Å². The van der Waals surface area contributed by atoms with Crippen molar-refractivity contribution in [2.45, 2.75) is 37.5 Å². The maximum absolute atomic E-state index is 11.6. The van der Waals surface area contributed by atoms with E-state index in [4.69, 9.17) is 0 Å². The van der Waals surface area contributed by atoms with Gasteiger partial charge in [-0.05, 0) is 37.7 Å². The van der Waals surface area contributed by atoms with E-state index in [1.54, 1.807) is 6.20 Å². The molecule has 1 saturated carbocycles. The summed E-state index contributed by atoms with van der Waals surface area (Å²) in [5.41, 5.74) is 2.41. The molecule has 2 bridgehead atoms. The molecule has 3 aliphatic carbocycles. The number of pyridine rings is 1. The van der Waals surface area contributed by atoms with Gasteiger partial charge in [0, 0.05) is 17.5 Å². The molecule has 0 unspecified atom stereocenters. The molecule has 1 fully saturated rings. The van der Waals surface area contributed by atoms with E-state index in [1.165, 1.54) is 31.2 Å². The van der Waals surface area contributed by atoms with Crippen molar-refractivity contribution in [1.29, 1.82) is 0 Å². The van der Waals surface area contributed by atoms with Gasteiger partial charge in [-0.1, -0.05) is 0 Å². The molecule has 0 N–H and O–H groups in total. The molecule has 3 aliphatic rings. The third-order valence-electron chi connectivity index (χ3n) is 3.58. The van der Waals surface area contributed by atoms with Crippen molar-refractivity contribution in [3.63, 3.8) is 0 Å². The molecule has 0 aromatic carbocycles. The maximum Gasteiger partial charge on any atom is 0.199 e. The Morgan fingerprint density at radius 2 is 1.85 bits per heavy atom. The van der Waals surface area contributed by atoms with Crippen LogP contribution in [0.25, 0.3) is 0 Å². The molecule has 68 valence electrons. The fourth-order valence-electron chi connectivity index (χ4n) is 2.96. The molecular weight excluding hydrogens is 162 g/mol. The maximum atomic E-state index is 11.6. The van der Waals surface area contributed by atoms with Crippen LogP contribution in [0.1, 0.15) is 48.8 Å².